The van der Waals surface area contributed by atoms with Gasteiger partial charge in [0.15, 0.2) is 0 Å². The minimum atomic E-state index is -0.787. The maximum absolute atomic E-state index is 11.2. The van der Waals surface area contributed by atoms with Crippen molar-refractivity contribution in [1.29, 1.82) is 0 Å². The normalized spacial score (nSPS) is 13.1. The van der Waals surface area contributed by atoms with Gasteiger partial charge in [-0.3, -0.25) is 4.79 Å². The first-order valence-corrected chi connectivity index (χ1v) is 6.04. The van der Waals surface area contributed by atoms with E-state index >= 15 is 0 Å². The lowest BCUT2D eigenvalue weighted by Crippen LogP contribution is -2.28. The molecule has 100 valence electrons. The predicted molar refractivity (Wildman–Crippen MR) is 70.5 cm³/mol. The number of carboxylic acid groups (broad SMARTS) is 1. The Balaban J connectivity index is 2.60. The van der Waals surface area contributed by atoms with Gasteiger partial charge >= 0.3 is 5.97 Å². The second-order valence-corrected chi connectivity index (χ2v) is 5.70. The molecule has 1 atom stereocenters. The van der Waals surface area contributed by atoms with Gasteiger partial charge in [0, 0.05) is 18.4 Å². The van der Waals surface area contributed by atoms with Gasteiger partial charge in [0.05, 0.1) is 5.92 Å². The van der Waals surface area contributed by atoms with Crippen LogP contribution in [-0.2, 0) is 4.79 Å². The van der Waals surface area contributed by atoms with Crippen LogP contribution in [-0.4, -0.2) is 27.6 Å². The topological polar surface area (TPSA) is 75.1 Å². The van der Waals surface area contributed by atoms with Gasteiger partial charge in [-0.1, -0.05) is 20.8 Å². The quantitative estimate of drug-likeness (QED) is 0.840. The molecule has 18 heavy (non-hydrogen) atoms. The van der Waals surface area contributed by atoms with Crippen LogP contribution in [0.4, 0.5) is 5.95 Å². The summed E-state index contributed by atoms with van der Waals surface area (Å²) in [5.41, 5.74) is 0.841. The van der Waals surface area contributed by atoms with Gasteiger partial charge in [0.2, 0.25) is 5.95 Å². The summed E-state index contributed by atoms with van der Waals surface area (Å²) in [6, 6.07) is 1.80. The van der Waals surface area contributed by atoms with Crippen LogP contribution in [0.5, 0.6) is 0 Å². The lowest BCUT2D eigenvalue weighted by Gasteiger charge is -2.23. The molecule has 0 fully saturated rings. The third kappa shape index (κ3) is 5.12. The summed E-state index contributed by atoms with van der Waals surface area (Å²) in [5, 5.41) is 12.2. The third-order valence-electron chi connectivity index (χ3n) is 2.51. The maximum atomic E-state index is 11.2. The molecule has 1 rings (SSSR count). The first-order chi connectivity index (χ1) is 8.28. The Bertz CT molecular complexity index is 413. The maximum Gasteiger partial charge on any atom is 0.308 e. The fourth-order valence-corrected chi connectivity index (χ4v) is 1.73. The van der Waals surface area contributed by atoms with Crippen molar-refractivity contribution in [2.45, 2.75) is 34.1 Å². The fourth-order valence-electron chi connectivity index (χ4n) is 1.73. The molecule has 2 N–H and O–H groups in total. The summed E-state index contributed by atoms with van der Waals surface area (Å²) in [7, 11) is 0. The molecular formula is C13H21N3O2. The Morgan fingerprint density at radius 2 is 2.17 bits per heavy atom. The van der Waals surface area contributed by atoms with Crippen LogP contribution in [0, 0.1) is 18.3 Å². The zero-order valence-corrected chi connectivity index (χ0v) is 11.4. The smallest absolute Gasteiger partial charge is 0.308 e. The first-order valence-electron chi connectivity index (χ1n) is 6.04. The summed E-state index contributed by atoms with van der Waals surface area (Å²) in [6.07, 6.45) is 2.27. The number of carboxylic acids is 1. The van der Waals surface area contributed by atoms with Crippen molar-refractivity contribution in [3.05, 3.63) is 18.0 Å². The van der Waals surface area contributed by atoms with E-state index in [1.165, 1.54) is 0 Å². The van der Waals surface area contributed by atoms with Crippen molar-refractivity contribution in [3.8, 4) is 0 Å². The van der Waals surface area contributed by atoms with Gasteiger partial charge < -0.3 is 10.4 Å². The number of nitrogens with zero attached hydrogens (tertiary/aromatic N) is 2. The molecular weight excluding hydrogens is 230 g/mol. The van der Waals surface area contributed by atoms with Crippen molar-refractivity contribution in [2.75, 3.05) is 11.9 Å². The molecule has 0 aliphatic carbocycles. The predicted octanol–water partition coefficient (Wildman–Crippen LogP) is 2.33. The average Bonchev–Trinajstić information content (AvgIpc) is 2.22. The van der Waals surface area contributed by atoms with Gasteiger partial charge in [-0.05, 0) is 24.8 Å². The highest BCUT2D eigenvalue weighted by atomic mass is 16.4. The molecule has 0 bridgehead atoms. The van der Waals surface area contributed by atoms with Crippen LogP contribution < -0.4 is 5.32 Å². The summed E-state index contributed by atoms with van der Waals surface area (Å²) in [6.45, 7) is 8.32. The van der Waals surface area contributed by atoms with E-state index in [9.17, 15) is 9.90 Å². The number of nitrogens with one attached hydrogen (secondary N) is 1. The van der Waals surface area contributed by atoms with Crippen molar-refractivity contribution in [3.63, 3.8) is 0 Å². The van der Waals surface area contributed by atoms with Crippen molar-refractivity contribution in [2.24, 2.45) is 11.3 Å². The number of aromatic nitrogens is 2. The van der Waals surface area contributed by atoms with Crippen LogP contribution in [0.15, 0.2) is 12.3 Å². The summed E-state index contributed by atoms with van der Waals surface area (Å²) < 4.78 is 0. The highest BCUT2D eigenvalue weighted by Gasteiger charge is 2.24. The van der Waals surface area contributed by atoms with E-state index in [0.29, 0.717) is 18.9 Å². The minimum absolute atomic E-state index is 0.0157. The summed E-state index contributed by atoms with van der Waals surface area (Å²) in [5.74, 6) is -0.741. The molecule has 0 spiro atoms. The first kappa shape index (κ1) is 14.4. The Kier molecular flexibility index (Phi) is 4.64. The Morgan fingerprint density at radius 1 is 1.50 bits per heavy atom. The number of anilines is 1. The summed E-state index contributed by atoms with van der Waals surface area (Å²) in [4.78, 5) is 19.4. The number of carbonyl (C=O) groups is 1. The molecule has 5 heteroatoms. The van der Waals surface area contributed by atoms with Crippen LogP contribution in [0.2, 0.25) is 0 Å². The van der Waals surface area contributed by atoms with E-state index in [4.69, 9.17) is 0 Å². The lowest BCUT2D eigenvalue weighted by atomic mass is 9.84. The Labute approximate surface area is 108 Å². The molecule has 1 unspecified atom stereocenters. The zero-order chi connectivity index (χ0) is 13.8. The monoisotopic (exact) mass is 251 g/mol. The standard InChI is InChI=1S/C13H21N3O2/c1-9-5-6-14-12(16-9)15-8-10(11(17)18)7-13(2,3)4/h5-6,10H,7-8H2,1-4H3,(H,17,18)(H,14,15,16). The summed E-state index contributed by atoms with van der Waals surface area (Å²) >= 11 is 0. The SMILES string of the molecule is Cc1ccnc(NCC(CC(C)(C)C)C(=O)O)n1. The van der Waals surface area contributed by atoms with Crippen LogP contribution >= 0.6 is 0 Å². The lowest BCUT2D eigenvalue weighted by molar-refractivity contribution is -0.142. The second-order valence-electron chi connectivity index (χ2n) is 5.70. The van der Waals surface area contributed by atoms with Gasteiger partial charge in [0.1, 0.15) is 0 Å². The molecule has 0 aromatic carbocycles. The Morgan fingerprint density at radius 3 is 2.67 bits per heavy atom. The van der Waals surface area contributed by atoms with Crippen LogP contribution in [0.3, 0.4) is 0 Å². The van der Waals surface area contributed by atoms with E-state index in [2.05, 4.69) is 15.3 Å². The number of aryl methyl sites for hydroxylation is 1. The van der Waals surface area contributed by atoms with Crippen molar-refractivity contribution >= 4 is 11.9 Å². The molecule has 5 nitrogen and oxygen atoms in total. The number of rotatable bonds is 5. The fraction of sp³-hybridized carbons (Fsp3) is 0.615. The van der Waals surface area contributed by atoms with E-state index in [-0.39, 0.29) is 5.41 Å². The molecule has 0 amide bonds. The van der Waals surface area contributed by atoms with E-state index in [0.717, 1.165) is 5.69 Å². The number of hydrogen-bond acceptors (Lipinski definition) is 4. The molecule has 1 heterocycles. The van der Waals surface area contributed by atoms with Gasteiger partial charge in [0.25, 0.3) is 0 Å². The molecule has 0 radical (unpaired) electrons. The van der Waals surface area contributed by atoms with Crippen molar-refractivity contribution < 1.29 is 9.90 Å². The highest BCUT2D eigenvalue weighted by molar-refractivity contribution is 5.70. The molecule has 1 aromatic rings. The highest BCUT2D eigenvalue weighted by Crippen LogP contribution is 2.24. The average molecular weight is 251 g/mol. The molecule has 0 saturated carbocycles. The van der Waals surface area contributed by atoms with Gasteiger partial charge in [-0.25, -0.2) is 9.97 Å². The van der Waals surface area contributed by atoms with Crippen LogP contribution in [0.1, 0.15) is 32.9 Å². The molecule has 0 saturated heterocycles. The largest absolute Gasteiger partial charge is 0.481 e. The van der Waals surface area contributed by atoms with Crippen LogP contribution in [0.25, 0.3) is 0 Å². The van der Waals surface area contributed by atoms with Crippen molar-refractivity contribution in [1.82, 2.24) is 9.97 Å². The third-order valence-corrected chi connectivity index (χ3v) is 2.51. The van der Waals surface area contributed by atoms with Gasteiger partial charge in [-0.2, -0.15) is 0 Å². The van der Waals surface area contributed by atoms with E-state index in [1.807, 2.05) is 27.7 Å². The van der Waals surface area contributed by atoms with E-state index < -0.39 is 11.9 Å². The molecule has 0 aliphatic heterocycles. The zero-order valence-electron chi connectivity index (χ0n) is 11.4. The number of hydrogen-bond donors (Lipinski definition) is 2. The van der Waals surface area contributed by atoms with Gasteiger partial charge in [-0.15, -0.1) is 0 Å². The minimum Gasteiger partial charge on any atom is -0.481 e. The van der Waals surface area contributed by atoms with E-state index in [1.54, 1.807) is 12.3 Å². The Hall–Kier alpha value is -1.65. The second kappa shape index (κ2) is 5.80. The number of aliphatic carboxylic acids is 1. The molecule has 0 aliphatic rings. The molecule has 1 aromatic heterocycles.